The second-order valence-electron chi connectivity index (χ2n) is 7.97. The highest BCUT2D eigenvalue weighted by Crippen LogP contribution is 2.32. The highest BCUT2D eigenvalue weighted by molar-refractivity contribution is 5.90. The first-order valence-corrected chi connectivity index (χ1v) is 10.7. The number of anilines is 1. The summed E-state index contributed by atoms with van der Waals surface area (Å²) < 4.78 is 36.7. The molecule has 34 heavy (non-hydrogen) atoms. The van der Waals surface area contributed by atoms with Gasteiger partial charge in [0.05, 0.1) is 42.8 Å². The van der Waals surface area contributed by atoms with Crippen LogP contribution in [0.2, 0.25) is 0 Å². The van der Waals surface area contributed by atoms with E-state index in [-0.39, 0.29) is 30.2 Å². The van der Waals surface area contributed by atoms with Crippen molar-refractivity contribution in [3.8, 4) is 11.1 Å². The summed E-state index contributed by atoms with van der Waals surface area (Å²) in [6, 6.07) is 9.02. The number of cyclic esters (lactones) is 1. The molecule has 0 aliphatic carbocycles. The maximum atomic E-state index is 14.9. The van der Waals surface area contributed by atoms with Gasteiger partial charge in [0.15, 0.2) is 0 Å². The standard InChI is InChI=1S/C23H24F2N6O3/c1-14(32)27-10-19-13-31(23(33)34-19)18-7-20(24)22(21(25)8-18)16-5-3-15(4-6-16)11-30-12-17(9-26-2)28-29-30/h3-8,12,19,26H,9-11,13H2,1-2H3,(H,27,32)/t19-/m0/s1. The van der Waals surface area contributed by atoms with Crippen molar-refractivity contribution in [2.45, 2.75) is 26.1 Å². The number of carbonyl (C=O) groups excluding carboxylic acids is 2. The van der Waals surface area contributed by atoms with Crippen LogP contribution in [0.5, 0.6) is 0 Å². The number of hydrogen-bond acceptors (Lipinski definition) is 6. The van der Waals surface area contributed by atoms with Crippen molar-refractivity contribution in [2.24, 2.45) is 0 Å². The first-order valence-electron chi connectivity index (χ1n) is 10.7. The fourth-order valence-corrected chi connectivity index (χ4v) is 3.73. The van der Waals surface area contributed by atoms with Gasteiger partial charge >= 0.3 is 6.09 Å². The number of nitrogens with one attached hydrogen (secondary N) is 2. The molecule has 0 radical (unpaired) electrons. The molecular weight excluding hydrogens is 446 g/mol. The van der Waals surface area contributed by atoms with Gasteiger partial charge in [0, 0.05) is 13.5 Å². The van der Waals surface area contributed by atoms with Crippen LogP contribution >= 0.6 is 0 Å². The molecule has 2 amide bonds. The van der Waals surface area contributed by atoms with E-state index in [4.69, 9.17) is 4.74 Å². The molecule has 0 spiro atoms. The van der Waals surface area contributed by atoms with Crippen LogP contribution in [0.4, 0.5) is 19.3 Å². The van der Waals surface area contributed by atoms with Crippen LogP contribution in [-0.2, 0) is 22.6 Å². The normalized spacial score (nSPS) is 15.5. The topological polar surface area (TPSA) is 101 Å². The van der Waals surface area contributed by atoms with Crippen LogP contribution in [0, 0.1) is 11.6 Å². The predicted molar refractivity (Wildman–Crippen MR) is 120 cm³/mol. The minimum absolute atomic E-state index is 0.0502. The van der Waals surface area contributed by atoms with E-state index in [0.717, 1.165) is 28.3 Å². The van der Waals surface area contributed by atoms with E-state index in [2.05, 4.69) is 20.9 Å². The highest BCUT2D eigenvalue weighted by atomic mass is 19.1. The van der Waals surface area contributed by atoms with Gasteiger partial charge in [-0.05, 0) is 30.3 Å². The van der Waals surface area contributed by atoms with Gasteiger partial charge in [-0.3, -0.25) is 9.69 Å². The van der Waals surface area contributed by atoms with E-state index in [1.54, 1.807) is 28.9 Å². The number of benzene rings is 2. The van der Waals surface area contributed by atoms with Crippen LogP contribution in [0.15, 0.2) is 42.6 Å². The summed E-state index contributed by atoms with van der Waals surface area (Å²) >= 11 is 0. The third-order valence-electron chi connectivity index (χ3n) is 5.32. The lowest BCUT2D eigenvalue weighted by Crippen LogP contribution is -2.33. The molecule has 2 aromatic carbocycles. The summed E-state index contributed by atoms with van der Waals surface area (Å²) in [5, 5.41) is 13.7. The molecule has 2 heterocycles. The summed E-state index contributed by atoms with van der Waals surface area (Å²) in [7, 11) is 1.82. The number of halogens is 2. The van der Waals surface area contributed by atoms with Crippen LogP contribution < -0.4 is 15.5 Å². The highest BCUT2D eigenvalue weighted by Gasteiger charge is 2.33. The summed E-state index contributed by atoms with van der Waals surface area (Å²) in [5.74, 6) is -1.86. The first-order chi connectivity index (χ1) is 16.3. The molecule has 178 valence electrons. The summed E-state index contributed by atoms with van der Waals surface area (Å²) in [5.41, 5.74) is 1.94. The van der Waals surface area contributed by atoms with Gasteiger partial charge in [0.1, 0.15) is 17.7 Å². The van der Waals surface area contributed by atoms with Gasteiger partial charge in [-0.1, -0.05) is 29.5 Å². The zero-order chi connectivity index (χ0) is 24.2. The Labute approximate surface area is 194 Å². The fraction of sp³-hybridized carbons (Fsp3) is 0.304. The predicted octanol–water partition coefficient (Wildman–Crippen LogP) is 2.45. The van der Waals surface area contributed by atoms with Crippen LogP contribution in [0.3, 0.4) is 0 Å². The lowest BCUT2D eigenvalue weighted by atomic mass is 10.0. The molecule has 1 aliphatic heterocycles. The van der Waals surface area contributed by atoms with Gasteiger partial charge < -0.3 is 15.4 Å². The Morgan fingerprint density at radius 1 is 1.21 bits per heavy atom. The monoisotopic (exact) mass is 470 g/mol. The summed E-state index contributed by atoms with van der Waals surface area (Å²) in [4.78, 5) is 24.4. The van der Waals surface area contributed by atoms with E-state index < -0.39 is 23.8 Å². The average Bonchev–Trinajstić information content (AvgIpc) is 3.39. The molecule has 0 saturated carbocycles. The Morgan fingerprint density at radius 2 is 1.91 bits per heavy atom. The Balaban J connectivity index is 1.48. The minimum atomic E-state index is -0.797. The molecule has 0 bridgehead atoms. The molecule has 2 N–H and O–H groups in total. The molecule has 1 saturated heterocycles. The lowest BCUT2D eigenvalue weighted by molar-refractivity contribution is -0.119. The van der Waals surface area contributed by atoms with E-state index in [1.807, 2.05) is 13.2 Å². The van der Waals surface area contributed by atoms with Crippen molar-refractivity contribution >= 4 is 17.7 Å². The van der Waals surface area contributed by atoms with Crippen molar-refractivity contribution < 1.29 is 23.1 Å². The Morgan fingerprint density at radius 3 is 2.56 bits per heavy atom. The van der Waals surface area contributed by atoms with Gasteiger partial charge in [-0.15, -0.1) is 5.10 Å². The first kappa shape index (κ1) is 23.3. The minimum Gasteiger partial charge on any atom is -0.442 e. The third kappa shape index (κ3) is 5.20. The molecular formula is C23H24F2N6O3. The molecule has 9 nitrogen and oxygen atoms in total. The van der Waals surface area contributed by atoms with Gasteiger partial charge in [-0.25, -0.2) is 18.3 Å². The average molecular weight is 470 g/mol. The zero-order valence-corrected chi connectivity index (χ0v) is 18.7. The Bertz CT molecular complexity index is 1170. The second kappa shape index (κ2) is 9.96. The molecule has 1 aliphatic rings. The zero-order valence-electron chi connectivity index (χ0n) is 18.7. The van der Waals surface area contributed by atoms with Gasteiger partial charge in [0.2, 0.25) is 5.91 Å². The molecule has 3 aromatic rings. The Kier molecular flexibility index (Phi) is 6.82. The largest absolute Gasteiger partial charge is 0.442 e. The number of carbonyl (C=O) groups is 2. The van der Waals surface area contributed by atoms with E-state index in [0.29, 0.717) is 18.7 Å². The summed E-state index contributed by atoms with van der Waals surface area (Å²) in [6.45, 7) is 2.62. The maximum absolute atomic E-state index is 14.9. The van der Waals surface area contributed by atoms with Crippen LogP contribution in [-0.4, -0.2) is 53.2 Å². The Hall–Kier alpha value is -3.86. The molecule has 4 rings (SSSR count). The quantitative estimate of drug-likeness (QED) is 0.525. The molecule has 1 atom stereocenters. The number of rotatable bonds is 8. The fourth-order valence-electron chi connectivity index (χ4n) is 3.73. The number of nitrogens with zero attached hydrogens (tertiary/aromatic N) is 4. The van der Waals surface area contributed by atoms with Crippen molar-refractivity contribution in [3.63, 3.8) is 0 Å². The van der Waals surface area contributed by atoms with Crippen molar-refractivity contribution in [1.29, 1.82) is 0 Å². The maximum Gasteiger partial charge on any atom is 0.414 e. The van der Waals surface area contributed by atoms with E-state index in [1.165, 1.54) is 6.92 Å². The lowest BCUT2D eigenvalue weighted by Gasteiger charge is -2.15. The molecule has 1 aromatic heterocycles. The van der Waals surface area contributed by atoms with Crippen molar-refractivity contribution in [3.05, 3.63) is 65.5 Å². The number of ether oxygens (including phenoxy) is 1. The molecule has 11 heteroatoms. The number of hydrogen-bond donors (Lipinski definition) is 2. The van der Waals surface area contributed by atoms with Crippen molar-refractivity contribution in [1.82, 2.24) is 25.6 Å². The van der Waals surface area contributed by atoms with E-state index in [9.17, 15) is 18.4 Å². The van der Waals surface area contributed by atoms with Crippen LogP contribution in [0.25, 0.3) is 11.1 Å². The second-order valence-corrected chi connectivity index (χ2v) is 7.97. The van der Waals surface area contributed by atoms with Crippen molar-refractivity contribution in [2.75, 3.05) is 25.0 Å². The van der Waals surface area contributed by atoms with Gasteiger partial charge in [-0.2, -0.15) is 0 Å². The summed E-state index contributed by atoms with van der Waals surface area (Å²) in [6.07, 6.45) is 0.498. The molecule has 0 unspecified atom stereocenters. The number of aromatic nitrogens is 3. The SMILES string of the molecule is CNCc1cn(Cc2ccc(-c3c(F)cc(N4C[C@H](CNC(C)=O)OC4=O)cc3F)cc2)nn1. The van der Waals surface area contributed by atoms with Gasteiger partial charge in [0.25, 0.3) is 0 Å². The smallest absolute Gasteiger partial charge is 0.414 e. The molecule has 1 fully saturated rings. The third-order valence-corrected chi connectivity index (χ3v) is 5.32. The van der Waals surface area contributed by atoms with E-state index >= 15 is 0 Å². The van der Waals surface area contributed by atoms with Crippen LogP contribution in [0.1, 0.15) is 18.2 Å². The number of amides is 2.